The second kappa shape index (κ2) is 7.68. The van der Waals surface area contributed by atoms with Crippen LogP contribution < -0.4 is 10.9 Å². The van der Waals surface area contributed by atoms with Gasteiger partial charge in [-0.2, -0.15) is 0 Å². The number of pyridine rings is 1. The smallest absolute Gasteiger partial charge is 0.408 e. The first-order valence-corrected chi connectivity index (χ1v) is 9.44. The lowest BCUT2D eigenvalue weighted by Gasteiger charge is -2.24. The first kappa shape index (κ1) is 20.0. The van der Waals surface area contributed by atoms with Crippen molar-refractivity contribution in [2.45, 2.75) is 39.3 Å². The molecule has 1 aromatic heterocycles. The molecule has 0 aliphatic rings. The number of nitrogens with one attached hydrogen (secondary N) is 1. The highest BCUT2D eigenvalue weighted by atomic mass is 35.5. The van der Waals surface area contributed by atoms with Gasteiger partial charge in [-0.3, -0.25) is 9.36 Å². The number of carbonyl (C=O) groups is 1. The summed E-state index contributed by atoms with van der Waals surface area (Å²) >= 11 is 6.31. The number of hydrogen-bond donors (Lipinski definition) is 1. The number of amides is 1. The Kier molecular flexibility index (Phi) is 5.47. The van der Waals surface area contributed by atoms with Gasteiger partial charge in [-0.1, -0.05) is 41.9 Å². The first-order chi connectivity index (χ1) is 13.2. The Balaban J connectivity index is 2.15. The molecule has 1 atom stereocenters. The summed E-state index contributed by atoms with van der Waals surface area (Å²) in [4.78, 5) is 25.6. The largest absolute Gasteiger partial charge is 0.444 e. The number of nitrogens with zero attached hydrogens (tertiary/aromatic N) is 1. The topological polar surface area (TPSA) is 60.3 Å². The van der Waals surface area contributed by atoms with E-state index in [-0.39, 0.29) is 5.56 Å². The van der Waals surface area contributed by atoms with Gasteiger partial charge in [-0.05, 0) is 57.3 Å². The maximum atomic E-state index is 13.3. The van der Waals surface area contributed by atoms with Crippen molar-refractivity contribution in [2.24, 2.45) is 0 Å². The third-order valence-corrected chi connectivity index (χ3v) is 4.53. The molecule has 28 heavy (non-hydrogen) atoms. The summed E-state index contributed by atoms with van der Waals surface area (Å²) in [6.07, 6.45) is -0.543. The van der Waals surface area contributed by atoms with E-state index in [1.807, 2.05) is 49.4 Å². The Morgan fingerprint density at radius 3 is 2.43 bits per heavy atom. The minimum absolute atomic E-state index is 0.234. The molecule has 1 heterocycles. The molecule has 5 nitrogen and oxygen atoms in total. The van der Waals surface area contributed by atoms with Crippen molar-refractivity contribution in [3.63, 3.8) is 0 Å². The van der Waals surface area contributed by atoms with E-state index >= 15 is 0 Å². The second-order valence-electron chi connectivity index (χ2n) is 7.62. The van der Waals surface area contributed by atoms with Crippen LogP contribution in [0.3, 0.4) is 0 Å². The highest BCUT2D eigenvalue weighted by Gasteiger charge is 2.22. The van der Waals surface area contributed by atoms with E-state index in [0.29, 0.717) is 21.8 Å². The van der Waals surface area contributed by atoms with Crippen LogP contribution in [0.15, 0.2) is 59.4 Å². The third-order valence-electron chi connectivity index (χ3n) is 4.22. The first-order valence-electron chi connectivity index (χ1n) is 9.06. The number of para-hydroxylation sites is 1. The number of alkyl carbamates (subject to hydrolysis) is 1. The number of benzene rings is 2. The number of hydrogen-bond acceptors (Lipinski definition) is 3. The van der Waals surface area contributed by atoms with E-state index in [2.05, 4.69) is 5.32 Å². The van der Waals surface area contributed by atoms with E-state index in [1.165, 1.54) is 0 Å². The molecule has 1 amide bonds. The van der Waals surface area contributed by atoms with Crippen molar-refractivity contribution in [1.29, 1.82) is 0 Å². The summed E-state index contributed by atoms with van der Waals surface area (Å²) in [6.45, 7) is 7.22. The highest BCUT2D eigenvalue weighted by Crippen LogP contribution is 2.25. The molecule has 0 radical (unpaired) electrons. The summed E-state index contributed by atoms with van der Waals surface area (Å²) in [5, 5.41) is 4.38. The lowest BCUT2D eigenvalue weighted by molar-refractivity contribution is 0.0506. The lowest BCUT2D eigenvalue weighted by atomic mass is 10.1. The molecule has 2 aromatic carbocycles. The Morgan fingerprint density at radius 2 is 1.79 bits per heavy atom. The summed E-state index contributed by atoms with van der Waals surface area (Å²) < 4.78 is 6.93. The molecule has 0 saturated heterocycles. The zero-order valence-corrected chi connectivity index (χ0v) is 17.1. The molecular weight excluding hydrogens is 376 g/mol. The van der Waals surface area contributed by atoms with Crippen molar-refractivity contribution in [3.8, 4) is 5.69 Å². The van der Waals surface area contributed by atoms with Crippen LogP contribution in [0.4, 0.5) is 4.79 Å². The SMILES string of the molecule is CC(NC(=O)OC(C)(C)C)c1cc2cccc(Cl)c2c(=O)n1-c1ccccc1. The van der Waals surface area contributed by atoms with Crippen molar-refractivity contribution >= 4 is 28.5 Å². The van der Waals surface area contributed by atoms with Crippen LogP contribution in [-0.4, -0.2) is 16.3 Å². The number of halogens is 1. The van der Waals surface area contributed by atoms with Crippen molar-refractivity contribution in [1.82, 2.24) is 9.88 Å². The van der Waals surface area contributed by atoms with Crippen molar-refractivity contribution in [3.05, 3.63) is 75.7 Å². The molecule has 3 aromatic rings. The maximum absolute atomic E-state index is 13.3. The monoisotopic (exact) mass is 398 g/mol. The molecular formula is C22H23ClN2O3. The van der Waals surface area contributed by atoms with Gasteiger partial charge in [-0.15, -0.1) is 0 Å². The maximum Gasteiger partial charge on any atom is 0.408 e. The van der Waals surface area contributed by atoms with Gasteiger partial charge in [0, 0.05) is 11.4 Å². The van der Waals surface area contributed by atoms with E-state index in [0.717, 1.165) is 5.39 Å². The standard InChI is InChI=1S/C22H23ClN2O3/c1-14(24-21(27)28-22(2,3)4)18-13-15-9-8-12-17(23)19(15)20(26)25(18)16-10-6-5-7-11-16/h5-14H,1-4H3,(H,24,27). The fraction of sp³-hybridized carbons (Fsp3) is 0.273. The van der Waals surface area contributed by atoms with Crippen LogP contribution in [0, 0.1) is 0 Å². The van der Waals surface area contributed by atoms with Gasteiger partial charge in [0.15, 0.2) is 0 Å². The fourth-order valence-corrected chi connectivity index (χ4v) is 3.32. The van der Waals surface area contributed by atoms with Crippen LogP contribution in [0.25, 0.3) is 16.5 Å². The van der Waals surface area contributed by atoms with E-state index < -0.39 is 17.7 Å². The minimum atomic E-state index is -0.611. The lowest BCUT2D eigenvalue weighted by Crippen LogP contribution is -2.36. The Morgan fingerprint density at radius 1 is 1.11 bits per heavy atom. The van der Waals surface area contributed by atoms with Gasteiger partial charge in [0.1, 0.15) is 5.60 Å². The van der Waals surface area contributed by atoms with Crippen LogP contribution in [0.2, 0.25) is 5.02 Å². The Hall–Kier alpha value is -2.79. The second-order valence-corrected chi connectivity index (χ2v) is 8.02. The molecule has 0 aliphatic heterocycles. The number of rotatable bonds is 3. The molecule has 0 bridgehead atoms. The number of aromatic nitrogens is 1. The average molecular weight is 399 g/mol. The summed E-state index contributed by atoms with van der Waals surface area (Å²) in [6, 6.07) is 16.0. The normalized spacial score (nSPS) is 12.6. The fourth-order valence-electron chi connectivity index (χ4n) is 3.06. The molecule has 0 aliphatic carbocycles. The molecule has 146 valence electrons. The zero-order chi connectivity index (χ0) is 20.5. The molecule has 0 saturated carbocycles. The van der Waals surface area contributed by atoms with Gasteiger partial charge >= 0.3 is 6.09 Å². The van der Waals surface area contributed by atoms with Crippen LogP contribution in [-0.2, 0) is 4.74 Å². The van der Waals surface area contributed by atoms with Gasteiger partial charge in [0.25, 0.3) is 5.56 Å². The van der Waals surface area contributed by atoms with E-state index in [9.17, 15) is 9.59 Å². The number of fused-ring (bicyclic) bond motifs is 1. The van der Waals surface area contributed by atoms with Crippen LogP contribution in [0.5, 0.6) is 0 Å². The number of carbonyl (C=O) groups excluding carboxylic acids is 1. The molecule has 6 heteroatoms. The molecule has 1 unspecified atom stereocenters. The van der Waals surface area contributed by atoms with Gasteiger partial charge < -0.3 is 10.1 Å². The molecule has 0 spiro atoms. The summed E-state index contributed by atoms with van der Waals surface area (Å²) in [7, 11) is 0. The average Bonchev–Trinajstić information content (AvgIpc) is 2.60. The molecule has 3 rings (SSSR count). The zero-order valence-electron chi connectivity index (χ0n) is 16.3. The summed E-state index contributed by atoms with van der Waals surface area (Å²) in [5.41, 5.74) is 0.487. The van der Waals surface area contributed by atoms with E-state index in [4.69, 9.17) is 16.3 Å². The minimum Gasteiger partial charge on any atom is -0.444 e. The van der Waals surface area contributed by atoms with Crippen molar-refractivity contribution in [2.75, 3.05) is 0 Å². The predicted octanol–water partition coefficient (Wildman–Crippen LogP) is 5.23. The third kappa shape index (κ3) is 4.20. The summed E-state index contributed by atoms with van der Waals surface area (Å²) in [5.74, 6) is 0. The van der Waals surface area contributed by atoms with Crippen LogP contribution >= 0.6 is 11.6 Å². The highest BCUT2D eigenvalue weighted by molar-refractivity contribution is 6.35. The van der Waals surface area contributed by atoms with E-state index in [1.54, 1.807) is 37.5 Å². The Labute approximate surface area is 168 Å². The van der Waals surface area contributed by atoms with Crippen molar-refractivity contribution < 1.29 is 9.53 Å². The quantitative estimate of drug-likeness (QED) is 0.657. The van der Waals surface area contributed by atoms with Gasteiger partial charge in [-0.25, -0.2) is 4.79 Å². The number of ether oxygens (including phenoxy) is 1. The van der Waals surface area contributed by atoms with Gasteiger partial charge in [0.2, 0.25) is 0 Å². The predicted molar refractivity (Wildman–Crippen MR) is 112 cm³/mol. The van der Waals surface area contributed by atoms with Gasteiger partial charge in [0.05, 0.1) is 16.5 Å². The molecule has 0 fully saturated rings. The Bertz CT molecular complexity index is 1070. The van der Waals surface area contributed by atoms with Crippen LogP contribution in [0.1, 0.15) is 39.4 Å². The molecule has 1 N–H and O–H groups in total.